The van der Waals surface area contributed by atoms with Crippen LogP contribution in [0, 0.1) is 5.92 Å². The molecule has 17 heavy (non-hydrogen) atoms. The van der Waals surface area contributed by atoms with E-state index in [9.17, 15) is 9.00 Å². The number of carbonyl (C=O) groups excluding carboxylic acids is 1. The average molecular weight is 255 g/mol. The SMILES string of the molecule is O=C(Nc1ccc(S(=O)O)cn1)[C@H]1CCNC1. The zero-order valence-electron chi connectivity index (χ0n) is 9.05. The zero-order chi connectivity index (χ0) is 12.3. The van der Waals surface area contributed by atoms with Gasteiger partial charge in [0.2, 0.25) is 5.91 Å². The number of pyridine rings is 1. The second-order valence-electron chi connectivity index (χ2n) is 3.81. The van der Waals surface area contributed by atoms with Crippen LogP contribution in [0.25, 0.3) is 0 Å². The number of carbonyl (C=O) groups is 1. The summed E-state index contributed by atoms with van der Waals surface area (Å²) in [6, 6.07) is 2.98. The molecule has 3 N–H and O–H groups in total. The molecule has 0 radical (unpaired) electrons. The molecule has 1 aliphatic heterocycles. The van der Waals surface area contributed by atoms with Crippen LogP contribution in [0.1, 0.15) is 6.42 Å². The molecule has 2 rings (SSSR count). The van der Waals surface area contributed by atoms with E-state index in [-0.39, 0.29) is 16.7 Å². The van der Waals surface area contributed by atoms with E-state index in [1.54, 1.807) is 0 Å². The highest BCUT2D eigenvalue weighted by atomic mass is 32.2. The molecule has 1 fully saturated rings. The minimum atomic E-state index is -2.04. The number of nitrogens with one attached hydrogen (secondary N) is 2. The van der Waals surface area contributed by atoms with Gasteiger partial charge in [0.15, 0.2) is 11.1 Å². The smallest absolute Gasteiger partial charge is 0.229 e. The van der Waals surface area contributed by atoms with E-state index in [0.29, 0.717) is 12.4 Å². The van der Waals surface area contributed by atoms with Crippen LogP contribution < -0.4 is 10.6 Å². The van der Waals surface area contributed by atoms with Crippen molar-refractivity contribution in [3.05, 3.63) is 18.3 Å². The van der Waals surface area contributed by atoms with E-state index in [4.69, 9.17) is 4.55 Å². The highest BCUT2D eigenvalue weighted by molar-refractivity contribution is 7.79. The molecule has 0 spiro atoms. The van der Waals surface area contributed by atoms with Crippen LogP contribution in [0.5, 0.6) is 0 Å². The fourth-order valence-electron chi connectivity index (χ4n) is 1.66. The van der Waals surface area contributed by atoms with Gasteiger partial charge in [-0.3, -0.25) is 4.79 Å². The molecule has 1 unspecified atom stereocenters. The lowest BCUT2D eigenvalue weighted by Gasteiger charge is -2.08. The summed E-state index contributed by atoms with van der Waals surface area (Å²) in [7, 11) is 0. The number of rotatable bonds is 3. The van der Waals surface area contributed by atoms with E-state index in [2.05, 4.69) is 15.6 Å². The Labute approximate surface area is 101 Å². The molecule has 1 aromatic rings. The summed E-state index contributed by atoms with van der Waals surface area (Å²) < 4.78 is 19.5. The Morgan fingerprint density at radius 3 is 2.94 bits per heavy atom. The van der Waals surface area contributed by atoms with Crippen molar-refractivity contribution in [1.82, 2.24) is 10.3 Å². The largest absolute Gasteiger partial charge is 0.316 e. The third-order valence-corrected chi connectivity index (χ3v) is 3.27. The van der Waals surface area contributed by atoms with Crippen LogP contribution in [0.15, 0.2) is 23.2 Å². The molecule has 1 aromatic heterocycles. The quantitative estimate of drug-likeness (QED) is 0.672. The Kier molecular flexibility index (Phi) is 3.82. The van der Waals surface area contributed by atoms with Gasteiger partial charge in [-0.05, 0) is 25.1 Å². The molecule has 0 aliphatic carbocycles. The summed E-state index contributed by atoms with van der Waals surface area (Å²) in [5.41, 5.74) is 0. The number of hydrogen-bond donors (Lipinski definition) is 3. The maximum Gasteiger partial charge on any atom is 0.229 e. The maximum atomic E-state index is 11.7. The van der Waals surface area contributed by atoms with Gasteiger partial charge < -0.3 is 15.2 Å². The van der Waals surface area contributed by atoms with Crippen LogP contribution in [0.4, 0.5) is 5.82 Å². The van der Waals surface area contributed by atoms with Crippen LogP contribution in [0.2, 0.25) is 0 Å². The first-order chi connectivity index (χ1) is 8.16. The summed E-state index contributed by atoms with van der Waals surface area (Å²) in [4.78, 5) is 15.9. The first kappa shape index (κ1) is 12.2. The second-order valence-corrected chi connectivity index (χ2v) is 4.78. The number of hydrogen-bond acceptors (Lipinski definition) is 4. The van der Waals surface area contributed by atoms with E-state index in [0.717, 1.165) is 13.0 Å². The van der Waals surface area contributed by atoms with Crippen LogP contribution in [0.3, 0.4) is 0 Å². The van der Waals surface area contributed by atoms with Gasteiger partial charge in [-0.2, -0.15) is 0 Å². The molecule has 92 valence electrons. The van der Waals surface area contributed by atoms with E-state index in [1.165, 1.54) is 18.3 Å². The van der Waals surface area contributed by atoms with Gasteiger partial charge in [-0.25, -0.2) is 9.19 Å². The Balaban J connectivity index is 1.98. The minimum Gasteiger partial charge on any atom is -0.316 e. The van der Waals surface area contributed by atoms with Crippen LogP contribution >= 0.6 is 0 Å². The molecule has 2 atom stereocenters. The third kappa shape index (κ3) is 3.09. The molecule has 2 heterocycles. The Morgan fingerprint density at radius 1 is 1.59 bits per heavy atom. The standard InChI is InChI=1S/C10H13N3O3S/c14-10(7-3-4-11-5-7)13-9-2-1-8(6-12-9)17(15)16/h1-2,6-7,11H,3-5H2,(H,15,16)(H,12,13,14)/t7-/m0/s1. The molecule has 0 bridgehead atoms. The Morgan fingerprint density at radius 2 is 2.41 bits per heavy atom. The van der Waals surface area contributed by atoms with Crippen molar-refractivity contribution in [2.45, 2.75) is 11.3 Å². The predicted octanol–water partition coefficient (Wildman–Crippen LogP) is 0.210. The summed E-state index contributed by atoms with van der Waals surface area (Å²) >= 11 is -2.04. The van der Waals surface area contributed by atoms with Crippen molar-refractivity contribution in [3.8, 4) is 0 Å². The van der Waals surface area contributed by atoms with E-state index >= 15 is 0 Å². The van der Waals surface area contributed by atoms with E-state index in [1.807, 2.05) is 0 Å². The fraction of sp³-hybridized carbons (Fsp3) is 0.400. The molecular formula is C10H13N3O3S. The summed E-state index contributed by atoms with van der Waals surface area (Å²) in [6.45, 7) is 1.54. The van der Waals surface area contributed by atoms with Crippen molar-refractivity contribution in [2.24, 2.45) is 5.92 Å². The molecule has 0 aromatic carbocycles. The van der Waals surface area contributed by atoms with Gasteiger partial charge in [0, 0.05) is 12.7 Å². The van der Waals surface area contributed by atoms with Crippen molar-refractivity contribution in [1.29, 1.82) is 0 Å². The molecule has 0 saturated carbocycles. The van der Waals surface area contributed by atoms with Crippen molar-refractivity contribution in [2.75, 3.05) is 18.4 Å². The van der Waals surface area contributed by atoms with Gasteiger partial charge in [0.25, 0.3) is 0 Å². The lowest BCUT2D eigenvalue weighted by Crippen LogP contribution is -2.25. The maximum absolute atomic E-state index is 11.7. The Hall–Kier alpha value is -1.31. The van der Waals surface area contributed by atoms with Crippen LogP contribution in [-0.2, 0) is 15.9 Å². The van der Waals surface area contributed by atoms with Crippen LogP contribution in [-0.4, -0.2) is 32.7 Å². The van der Waals surface area contributed by atoms with Gasteiger partial charge in [0.1, 0.15) is 5.82 Å². The summed E-state index contributed by atoms with van der Waals surface area (Å²) in [6.07, 6.45) is 2.10. The molecule has 1 saturated heterocycles. The van der Waals surface area contributed by atoms with Gasteiger partial charge >= 0.3 is 0 Å². The zero-order valence-corrected chi connectivity index (χ0v) is 9.87. The number of nitrogens with zero attached hydrogens (tertiary/aromatic N) is 1. The monoisotopic (exact) mass is 255 g/mol. The lowest BCUT2D eigenvalue weighted by atomic mass is 10.1. The van der Waals surface area contributed by atoms with Crippen molar-refractivity contribution < 1.29 is 13.6 Å². The number of aromatic nitrogens is 1. The molecular weight excluding hydrogens is 242 g/mol. The van der Waals surface area contributed by atoms with Crippen molar-refractivity contribution in [3.63, 3.8) is 0 Å². The number of amides is 1. The number of anilines is 1. The first-order valence-corrected chi connectivity index (χ1v) is 6.36. The van der Waals surface area contributed by atoms with Gasteiger partial charge in [-0.1, -0.05) is 0 Å². The minimum absolute atomic E-state index is 0.0246. The highest BCUT2D eigenvalue weighted by Gasteiger charge is 2.22. The van der Waals surface area contributed by atoms with Gasteiger partial charge in [0.05, 0.1) is 10.8 Å². The molecule has 1 amide bonds. The van der Waals surface area contributed by atoms with E-state index < -0.39 is 11.1 Å². The Bertz CT molecular complexity index is 429. The normalized spacial score (nSPS) is 21.1. The van der Waals surface area contributed by atoms with Gasteiger partial charge in [-0.15, -0.1) is 0 Å². The lowest BCUT2D eigenvalue weighted by molar-refractivity contribution is -0.119. The third-order valence-electron chi connectivity index (χ3n) is 2.62. The van der Waals surface area contributed by atoms with Crippen molar-refractivity contribution >= 4 is 22.8 Å². The molecule has 1 aliphatic rings. The average Bonchev–Trinajstić information content (AvgIpc) is 2.83. The molecule has 7 heteroatoms. The highest BCUT2D eigenvalue weighted by Crippen LogP contribution is 2.12. The summed E-state index contributed by atoms with van der Waals surface area (Å²) in [5, 5.41) is 5.79. The first-order valence-electron chi connectivity index (χ1n) is 5.25. The topological polar surface area (TPSA) is 91.3 Å². The summed E-state index contributed by atoms with van der Waals surface area (Å²) in [5.74, 6) is 0.305. The predicted molar refractivity (Wildman–Crippen MR) is 62.9 cm³/mol. The molecule has 6 nitrogen and oxygen atoms in total. The fourth-order valence-corrected chi connectivity index (χ4v) is 1.99. The second kappa shape index (κ2) is 5.35.